The Labute approximate surface area is 235 Å². The van der Waals surface area contributed by atoms with Gasteiger partial charge in [-0.3, -0.25) is 19.1 Å². The lowest BCUT2D eigenvalue weighted by Gasteiger charge is -2.36. The molecule has 0 N–H and O–H groups in total. The lowest BCUT2D eigenvalue weighted by Crippen LogP contribution is -2.39. The van der Waals surface area contributed by atoms with Crippen molar-refractivity contribution in [1.29, 1.82) is 5.26 Å². The maximum absolute atomic E-state index is 13.3. The molecule has 0 saturated carbocycles. The molecule has 3 heterocycles. The first-order valence-corrected chi connectivity index (χ1v) is 14.7. The highest BCUT2D eigenvalue weighted by atomic mass is 32.2. The molecular weight excluding hydrogens is 512 g/mol. The number of thiocarbonyl (C=S) groups is 1. The topological polar surface area (TPSA) is 69.3 Å². The Morgan fingerprint density at radius 2 is 1.87 bits per heavy atom. The second-order valence-electron chi connectivity index (χ2n) is 10.5. The van der Waals surface area contributed by atoms with Crippen molar-refractivity contribution >= 4 is 46.1 Å². The minimum absolute atomic E-state index is 0.0969. The number of nitriles is 1. The van der Waals surface area contributed by atoms with E-state index in [0.717, 1.165) is 50.2 Å². The van der Waals surface area contributed by atoms with Gasteiger partial charge in [0.25, 0.3) is 11.5 Å². The number of benzene rings is 1. The van der Waals surface area contributed by atoms with Crippen LogP contribution in [-0.4, -0.2) is 39.3 Å². The van der Waals surface area contributed by atoms with Crippen molar-refractivity contribution in [2.45, 2.75) is 59.9 Å². The Morgan fingerprint density at radius 1 is 1.18 bits per heavy atom. The molecule has 0 bridgehead atoms. The SMILES string of the molecule is CCn1c(N2CCC(Cc3ccccc3)CC2)c(/C=C2\SC(=S)N(CCC(C)C)C2=O)c(C)c(C#N)c1=O. The monoisotopic (exact) mass is 548 g/mol. The van der Waals surface area contributed by atoms with Crippen molar-refractivity contribution in [1.82, 2.24) is 9.47 Å². The summed E-state index contributed by atoms with van der Waals surface area (Å²) in [4.78, 5) is 31.1. The number of hydrogen-bond acceptors (Lipinski definition) is 6. The molecule has 38 heavy (non-hydrogen) atoms. The number of piperidine rings is 1. The third-order valence-electron chi connectivity index (χ3n) is 7.52. The molecule has 4 rings (SSSR count). The predicted octanol–water partition coefficient (Wildman–Crippen LogP) is 5.75. The molecule has 2 aliphatic heterocycles. The van der Waals surface area contributed by atoms with Crippen molar-refractivity contribution in [3.05, 3.63) is 67.8 Å². The summed E-state index contributed by atoms with van der Waals surface area (Å²) in [5.41, 5.74) is 2.61. The van der Waals surface area contributed by atoms with E-state index in [0.29, 0.717) is 39.7 Å². The van der Waals surface area contributed by atoms with E-state index in [-0.39, 0.29) is 17.0 Å². The van der Waals surface area contributed by atoms with Crippen molar-refractivity contribution in [3.63, 3.8) is 0 Å². The van der Waals surface area contributed by atoms with Gasteiger partial charge in [-0.05, 0) is 68.6 Å². The molecule has 0 radical (unpaired) electrons. The van der Waals surface area contributed by atoms with Gasteiger partial charge in [0.1, 0.15) is 21.8 Å². The number of hydrogen-bond donors (Lipinski definition) is 0. The average Bonchev–Trinajstić information content (AvgIpc) is 3.17. The molecule has 2 fully saturated rings. The van der Waals surface area contributed by atoms with Gasteiger partial charge in [-0.1, -0.05) is 68.2 Å². The van der Waals surface area contributed by atoms with Gasteiger partial charge in [0.15, 0.2) is 0 Å². The van der Waals surface area contributed by atoms with Crippen molar-refractivity contribution in [3.8, 4) is 6.07 Å². The quantitative estimate of drug-likeness (QED) is 0.309. The van der Waals surface area contributed by atoms with Crippen molar-refractivity contribution in [2.24, 2.45) is 11.8 Å². The zero-order valence-electron chi connectivity index (χ0n) is 22.7. The van der Waals surface area contributed by atoms with Gasteiger partial charge < -0.3 is 4.90 Å². The molecule has 1 amide bonds. The number of nitrogens with zero attached hydrogens (tertiary/aromatic N) is 4. The van der Waals surface area contributed by atoms with Crippen LogP contribution in [0.3, 0.4) is 0 Å². The number of amides is 1. The Hall–Kier alpha value is -2.89. The van der Waals surface area contributed by atoms with E-state index >= 15 is 0 Å². The van der Waals surface area contributed by atoms with Crippen LogP contribution in [0.4, 0.5) is 5.82 Å². The largest absolute Gasteiger partial charge is 0.357 e. The first kappa shape index (κ1) is 28.1. The molecule has 2 saturated heterocycles. The van der Waals surface area contributed by atoms with Crippen LogP contribution in [0.15, 0.2) is 40.0 Å². The van der Waals surface area contributed by atoms with E-state index in [1.807, 2.05) is 26.0 Å². The van der Waals surface area contributed by atoms with Crippen LogP contribution in [0.5, 0.6) is 0 Å². The minimum Gasteiger partial charge on any atom is -0.357 e. The zero-order chi connectivity index (χ0) is 27.4. The third kappa shape index (κ3) is 5.89. The second-order valence-corrected chi connectivity index (χ2v) is 12.2. The highest BCUT2D eigenvalue weighted by Crippen LogP contribution is 2.37. The molecule has 1 aromatic heterocycles. The average molecular weight is 549 g/mol. The summed E-state index contributed by atoms with van der Waals surface area (Å²) < 4.78 is 2.26. The molecule has 0 aliphatic carbocycles. The maximum Gasteiger partial charge on any atom is 0.270 e. The van der Waals surface area contributed by atoms with Crippen LogP contribution in [0, 0.1) is 30.1 Å². The number of pyridine rings is 1. The summed E-state index contributed by atoms with van der Waals surface area (Å²) in [6.07, 6.45) is 5.82. The van der Waals surface area contributed by atoms with Crippen LogP contribution >= 0.6 is 24.0 Å². The van der Waals surface area contributed by atoms with Crippen LogP contribution in [0.2, 0.25) is 0 Å². The Balaban J connectivity index is 1.69. The Kier molecular flexibility index (Phi) is 9.11. The van der Waals surface area contributed by atoms with Gasteiger partial charge >= 0.3 is 0 Å². The molecule has 6 nitrogen and oxygen atoms in total. The summed E-state index contributed by atoms with van der Waals surface area (Å²) in [7, 11) is 0. The van der Waals surface area contributed by atoms with Crippen LogP contribution in [0.25, 0.3) is 6.08 Å². The fraction of sp³-hybridized carbons (Fsp3) is 0.467. The van der Waals surface area contributed by atoms with Crippen LogP contribution in [-0.2, 0) is 17.8 Å². The van der Waals surface area contributed by atoms with Crippen molar-refractivity contribution in [2.75, 3.05) is 24.5 Å². The molecule has 2 aliphatic rings. The number of aromatic nitrogens is 1. The normalized spacial score (nSPS) is 17.6. The fourth-order valence-corrected chi connectivity index (χ4v) is 6.58. The van der Waals surface area contributed by atoms with Gasteiger partial charge in [-0.25, -0.2) is 0 Å². The molecule has 200 valence electrons. The van der Waals surface area contributed by atoms with Gasteiger partial charge in [-0.2, -0.15) is 5.26 Å². The van der Waals surface area contributed by atoms with Gasteiger partial charge in [0.2, 0.25) is 0 Å². The lowest BCUT2D eigenvalue weighted by atomic mass is 9.90. The third-order valence-corrected chi connectivity index (χ3v) is 8.90. The van der Waals surface area contributed by atoms with Crippen molar-refractivity contribution < 1.29 is 4.79 Å². The fourth-order valence-electron chi connectivity index (χ4n) is 5.29. The second kappa shape index (κ2) is 12.3. The number of carbonyl (C=O) groups excluding carboxylic acids is 1. The minimum atomic E-state index is -0.268. The molecule has 1 aromatic carbocycles. The molecule has 8 heteroatoms. The van der Waals surface area contributed by atoms with E-state index < -0.39 is 0 Å². The predicted molar refractivity (Wildman–Crippen MR) is 160 cm³/mol. The number of thioether (sulfide) groups is 1. The van der Waals surface area contributed by atoms with Crippen LogP contribution < -0.4 is 10.5 Å². The molecule has 2 aromatic rings. The van der Waals surface area contributed by atoms with Crippen LogP contribution in [0.1, 0.15) is 62.3 Å². The summed E-state index contributed by atoms with van der Waals surface area (Å²) >= 11 is 6.85. The lowest BCUT2D eigenvalue weighted by molar-refractivity contribution is -0.122. The summed E-state index contributed by atoms with van der Waals surface area (Å²) in [6.45, 7) is 10.7. The smallest absolute Gasteiger partial charge is 0.270 e. The Morgan fingerprint density at radius 3 is 2.47 bits per heavy atom. The van der Waals surface area contributed by atoms with E-state index in [1.165, 1.54) is 17.3 Å². The molecule has 0 unspecified atom stereocenters. The summed E-state index contributed by atoms with van der Waals surface area (Å²) in [6, 6.07) is 12.7. The first-order valence-electron chi connectivity index (χ1n) is 13.5. The van der Waals surface area contributed by atoms with E-state index in [4.69, 9.17) is 12.2 Å². The highest BCUT2D eigenvalue weighted by molar-refractivity contribution is 8.26. The standard InChI is InChI=1S/C30H36N4O2S2/c1-5-33-27(32-14-12-23(13-15-32)17-22-9-7-6-8-10-22)24(21(4)25(19-31)28(33)35)18-26-29(36)34(30(37)38-26)16-11-20(2)3/h6-10,18,20,23H,5,11-17H2,1-4H3/b26-18-. The number of anilines is 1. The van der Waals surface area contributed by atoms with Gasteiger partial charge in [0, 0.05) is 31.7 Å². The maximum atomic E-state index is 13.3. The number of carbonyl (C=O) groups is 1. The first-order chi connectivity index (χ1) is 18.2. The van der Waals surface area contributed by atoms with E-state index in [9.17, 15) is 14.9 Å². The molecular formula is C30H36N4O2S2. The highest BCUT2D eigenvalue weighted by Gasteiger charge is 2.33. The van der Waals surface area contributed by atoms with E-state index in [1.54, 1.807) is 9.47 Å². The van der Waals surface area contributed by atoms with Gasteiger partial charge in [0.05, 0.1) is 4.91 Å². The molecule has 0 atom stereocenters. The number of rotatable bonds is 8. The summed E-state index contributed by atoms with van der Waals surface area (Å²) in [5.74, 6) is 1.75. The summed E-state index contributed by atoms with van der Waals surface area (Å²) in [5, 5.41) is 9.84. The Bertz CT molecular complexity index is 1330. The van der Waals surface area contributed by atoms with E-state index in [2.05, 4.69) is 49.1 Å². The molecule has 0 spiro atoms. The van der Waals surface area contributed by atoms with Gasteiger partial charge in [-0.15, -0.1) is 0 Å². The zero-order valence-corrected chi connectivity index (χ0v) is 24.3.